The summed E-state index contributed by atoms with van der Waals surface area (Å²) >= 11 is 0. The van der Waals surface area contributed by atoms with E-state index in [0.29, 0.717) is 11.3 Å². The molecular weight excluding hydrogens is 336 g/mol. The number of imide groups is 1. The van der Waals surface area contributed by atoms with Crippen LogP contribution in [0.15, 0.2) is 24.3 Å². The summed E-state index contributed by atoms with van der Waals surface area (Å²) in [6, 6.07) is 6.64. The molecule has 0 unspecified atom stereocenters. The number of hydrogen-bond acceptors (Lipinski definition) is 5. The Bertz CT molecular complexity index is 641. The van der Waals surface area contributed by atoms with Gasteiger partial charge in [-0.2, -0.15) is 0 Å². The Morgan fingerprint density at radius 2 is 1.85 bits per heavy atom. The van der Waals surface area contributed by atoms with Crippen LogP contribution in [0, 0.1) is 0 Å². The molecule has 142 valence electrons. The van der Waals surface area contributed by atoms with Crippen molar-refractivity contribution in [1.29, 1.82) is 0 Å². The van der Waals surface area contributed by atoms with E-state index in [9.17, 15) is 14.4 Å². The van der Waals surface area contributed by atoms with Crippen molar-refractivity contribution >= 4 is 17.9 Å². The van der Waals surface area contributed by atoms with Crippen molar-refractivity contribution in [3.63, 3.8) is 0 Å². The molecule has 7 nitrogen and oxygen atoms in total. The third-order valence-corrected chi connectivity index (χ3v) is 4.38. The summed E-state index contributed by atoms with van der Waals surface area (Å²) in [4.78, 5) is 36.0. The third-order valence-electron chi connectivity index (χ3n) is 4.38. The van der Waals surface area contributed by atoms with Gasteiger partial charge in [0.05, 0.1) is 13.5 Å². The molecule has 0 aromatic heterocycles. The molecule has 1 aromatic rings. The Hall–Kier alpha value is -2.57. The average molecular weight is 362 g/mol. The zero-order valence-corrected chi connectivity index (χ0v) is 15.2. The van der Waals surface area contributed by atoms with E-state index in [0.717, 1.165) is 25.7 Å². The van der Waals surface area contributed by atoms with Crippen LogP contribution in [-0.2, 0) is 20.7 Å². The van der Waals surface area contributed by atoms with Gasteiger partial charge < -0.3 is 14.8 Å². The molecule has 0 saturated heterocycles. The fraction of sp³-hybridized carbons (Fsp3) is 0.526. The highest BCUT2D eigenvalue weighted by atomic mass is 16.5. The molecule has 7 heteroatoms. The van der Waals surface area contributed by atoms with Gasteiger partial charge in [-0.05, 0) is 25.8 Å². The van der Waals surface area contributed by atoms with Crippen LogP contribution in [0.1, 0.15) is 44.6 Å². The summed E-state index contributed by atoms with van der Waals surface area (Å²) < 4.78 is 10.3. The largest absolute Gasteiger partial charge is 0.496 e. The predicted octanol–water partition coefficient (Wildman–Crippen LogP) is 2.33. The molecule has 0 radical (unpaired) electrons. The quantitative estimate of drug-likeness (QED) is 0.758. The summed E-state index contributed by atoms with van der Waals surface area (Å²) in [6.45, 7) is 1.43. The second kappa shape index (κ2) is 9.79. The number of hydrogen-bond donors (Lipinski definition) is 2. The first kappa shape index (κ1) is 19.8. The van der Waals surface area contributed by atoms with E-state index in [1.807, 2.05) is 0 Å². The van der Waals surface area contributed by atoms with Crippen molar-refractivity contribution in [2.45, 2.75) is 57.6 Å². The van der Waals surface area contributed by atoms with Crippen LogP contribution in [0.25, 0.3) is 0 Å². The molecule has 2 rings (SSSR count). The van der Waals surface area contributed by atoms with Gasteiger partial charge >= 0.3 is 12.0 Å². The van der Waals surface area contributed by atoms with E-state index in [2.05, 4.69) is 10.6 Å². The summed E-state index contributed by atoms with van der Waals surface area (Å²) in [5, 5.41) is 5.01. The zero-order chi connectivity index (χ0) is 18.9. The zero-order valence-electron chi connectivity index (χ0n) is 15.2. The number of carbonyl (C=O) groups is 3. The van der Waals surface area contributed by atoms with Crippen LogP contribution in [-0.4, -0.2) is 37.2 Å². The van der Waals surface area contributed by atoms with Crippen LogP contribution in [0.2, 0.25) is 0 Å². The molecule has 1 fully saturated rings. The molecule has 26 heavy (non-hydrogen) atoms. The maximum atomic E-state index is 12.0. The third kappa shape index (κ3) is 6.06. The van der Waals surface area contributed by atoms with Gasteiger partial charge in [-0.25, -0.2) is 4.79 Å². The first-order chi connectivity index (χ1) is 12.5. The number of carbonyl (C=O) groups excluding carboxylic acids is 3. The number of amides is 3. The van der Waals surface area contributed by atoms with Crippen LogP contribution in [0.3, 0.4) is 0 Å². The molecular formula is C19H26N2O5. The summed E-state index contributed by atoms with van der Waals surface area (Å²) in [5.74, 6) is -0.634. The van der Waals surface area contributed by atoms with Crippen molar-refractivity contribution in [1.82, 2.24) is 10.6 Å². The number of esters is 1. The molecule has 1 saturated carbocycles. The van der Waals surface area contributed by atoms with Gasteiger partial charge in [0.25, 0.3) is 5.91 Å². The molecule has 0 bridgehead atoms. The van der Waals surface area contributed by atoms with Gasteiger partial charge in [0.2, 0.25) is 0 Å². The maximum absolute atomic E-state index is 12.0. The van der Waals surface area contributed by atoms with E-state index in [1.54, 1.807) is 24.3 Å². The second-order valence-electron chi connectivity index (χ2n) is 6.42. The fourth-order valence-corrected chi connectivity index (χ4v) is 2.98. The molecule has 0 heterocycles. The molecule has 1 aromatic carbocycles. The highest BCUT2D eigenvalue weighted by Crippen LogP contribution is 2.18. The molecule has 2 N–H and O–H groups in total. The lowest BCUT2D eigenvalue weighted by molar-refractivity contribution is -0.153. The minimum absolute atomic E-state index is 0.0180. The topological polar surface area (TPSA) is 93.7 Å². The molecule has 1 aliphatic carbocycles. The maximum Gasteiger partial charge on any atom is 0.321 e. The van der Waals surface area contributed by atoms with Crippen LogP contribution < -0.4 is 15.4 Å². The molecule has 0 aliphatic heterocycles. The van der Waals surface area contributed by atoms with Crippen molar-refractivity contribution in [2.24, 2.45) is 0 Å². The lowest BCUT2D eigenvalue weighted by Gasteiger charge is -2.23. The number of rotatable bonds is 6. The minimum atomic E-state index is -1.06. The van der Waals surface area contributed by atoms with Crippen LogP contribution in [0.4, 0.5) is 4.79 Å². The lowest BCUT2D eigenvalue weighted by Crippen LogP contribution is -2.48. The minimum Gasteiger partial charge on any atom is -0.496 e. The first-order valence-corrected chi connectivity index (χ1v) is 8.92. The first-order valence-electron chi connectivity index (χ1n) is 8.92. The standard InChI is InChI=1S/C19H26N2O5/c1-13(18(23)21-19(24)20-15-9-4-3-5-10-15)26-17(22)12-14-8-6-7-11-16(14)25-2/h6-8,11,13,15H,3-5,9-10,12H2,1-2H3,(H2,20,21,23,24)/t13-/m1/s1. The van der Waals surface area contributed by atoms with Gasteiger partial charge in [0.15, 0.2) is 6.10 Å². The number of nitrogens with one attached hydrogen (secondary N) is 2. The van der Waals surface area contributed by atoms with Crippen molar-refractivity contribution in [3.8, 4) is 5.75 Å². The Labute approximate surface area is 153 Å². The Balaban J connectivity index is 1.78. The summed E-state index contributed by atoms with van der Waals surface area (Å²) in [6.07, 6.45) is 4.10. The normalized spacial score (nSPS) is 15.6. The molecule has 0 spiro atoms. The Morgan fingerprint density at radius 3 is 2.54 bits per heavy atom. The number of para-hydroxylation sites is 1. The fourth-order valence-electron chi connectivity index (χ4n) is 2.98. The molecule has 3 amide bonds. The lowest BCUT2D eigenvalue weighted by atomic mass is 9.96. The van der Waals surface area contributed by atoms with Crippen LogP contribution in [0.5, 0.6) is 5.75 Å². The number of methoxy groups -OCH3 is 1. The van der Waals surface area contributed by atoms with Gasteiger partial charge in [0.1, 0.15) is 5.75 Å². The van der Waals surface area contributed by atoms with Gasteiger partial charge in [-0.15, -0.1) is 0 Å². The summed E-state index contributed by atoms with van der Waals surface area (Å²) in [7, 11) is 1.52. The van der Waals surface area contributed by atoms with E-state index in [-0.39, 0.29) is 12.5 Å². The van der Waals surface area contributed by atoms with Crippen LogP contribution >= 0.6 is 0 Å². The molecule has 1 aliphatic rings. The molecule has 1 atom stereocenters. The van der Waals surface area contributed by atoms with E-state index in [1.165, 1.54) is 20.5 Å². The van der Waals surface area contributed by atoms with Gasteiger partial charge in [0, 0.05) is 11.6 Å². The van der Waals surface area contributed by atoms with Gasteiger partial charge in [-0.3, -0.25) is 14.9 Å². The summed E-state index contributed by atoms with van der Waals surface area (Å²) in [5.41, 5.74) is 0.669. The van der Waals surface area contributed by atoms with Crippen molar-refractivity contribution in [3.05, 3.63) is 29.8 Å². The van der Waals surface area contributed by atoms with Gasteiger partial charge in [-0.1, -0.05) is 37.5 Å². The van der Waals surface area contributed by atoms with E-state index >= 15 is 0 Å². The highest BCUT2D eigenvalue weighted by molar-refractivity contribution is 5.97. The van der Waals surface area contributed by atoms with Crippen molar-refractivity contribution < 1.29 is 23.9 Å². The SMILES string of the molecule is COc1ccccc1CC(=O)O[C@H](C)C(=O)NC(=O)NC1CCCCC1. The number of ether oxygens (including phenoxy) is 2. The number of urea groups is 1. The predicted molar refractivity (Wildman–Crippen MR) is 95.8 cm³/mol. The highest BCUT2D eigenvalue weighted by Gasteiger charge is 2.22. The second-order valence-corrected chi connectivity index (χ2v) is 6.42. The monoisotopic (exact) mass is 362 g/mol. The number of benzene rings is 1. The smallest absolute Gasteiger partial charge is 0.321 e. The van der Waals surface area contributed by atoms with Crippen molar-refractivity contribution in [2.75, 3.05) is 7.11 Å². The van der Waals surface area contributed by atoms with E-state index < -0.39 is 24.0 Å². The average Bonchev–Trinajstić information content (AvgIpc) is 2.62. The van der Waals surface area contributed by atoms with E-state index in [4.69, 9.17) is 9.47 Å². The Morgan fingerprint density at radius 1 is 1.15 bits per heavy atom. The Kier molecular flexibility index (Phi) is 7.44.